The van der Waals surface area contributed by atoms with Gasteiger partial charge in [-0.05, 0) is 6.92 Å². The molecule has 3 heterocycles. The minimum absolute atomic E-state index is 0.133. The highest BCUT2D eigenvalue weighted by molar-refractivity contribution is 5.92. The van der Waals surface area contributed by atoms with E-state index in [2.05, 4.69) is 20.1 Å². The molecule has 120 valence electrons. The maximum Gasteiger partial charge on any atom is 0.274 e. The Morgan fingerprint density at radius 3 is 2.75 bits per heavy atom. The van der Waals surface area contributed by atoms with Crippen molar-refractivity contribution in [2.45, 2.75) is 19.5 Å². The van der Waals surface area contributed by atoms with Gasteiger partial charge in [0.25, 0.3) is 5.91 Å². The highest BCUT2D eigenvalue weighted by atomic mass is 16.2. The van der Waals surface area contributed by atoms with E-state index in [1.165, 1.54) is 12.4 Å². The molecule has 0 saturated carbocycles. The van der Waals surface area contributed by atoms with Crippen LogP contribution in [0.2, 0.25) is 0 Å². The van der Waals surface area contributed by atoms with E-state index in [1.807, 2.05) is 41.9 Å². The van der Waals surface area contributed by atoms with E-state index in [-0.39, 0.29) is 11.9 Å². The predicted octanol–water partition coefficient (Wildman–Crippen LogP) is 1.95. The summed E-state index contributed by atoms with van der Waals surface area (Å²) in [4.78, 5) is 27.2. The summed E-state index contributed by atoms with van der Waals surface area (Å²) in [7, 11) is 0. The third kappa shape index (κ3) is 2.44. The van der Waals surface area contributed by atoms with Crippen LogP contribution in [-0.4, -0.2) is 42.1 Å². The summed E-state index contributed by atoms with van der Waals surface area (Å²) in [6, 6.07) is 9.68. The molecule has 24 heavy (non-hydrogen) atoms. The predicted molar refractivity (Wildman–Crippen MR) is 86.9 cm³/mol. The lowest BCUT2D eigenvalue weighted by molar-refractivity contribution is 0.0624. The number of benzene rings is 1. The summed E-state index contributed by atoms with van der Waals surface area (Å²) in [6.45, 7) is 3.15. The molecule has 1 aliphatic heterocycles. The van der Waals surface area contributed by atoms with Gasteiger partial charge >= 0.3 is 0 Å². The van der Waals surface area contributed by atoms with Crippen molar-refractivity contribution in [3.05, 3.63) is 60.4 Å². The number of amides is 1. The van der Waals surface area contributed by atoms with E-state index in [0.29, 0.717) is 24.6 Å². The second-order valence-corrected chi connectivity index (χ2v) is 5.65. The Labute approximate surface area is 139 Å². The number of nitrogens with zero attached hydrogens (tertiary/aromatic N) is 6. The maximum atomic E-state index is 12.7. The Bertz CT molecular complexity index is 861. The van der Waals surface area contributed by atoms with Gasteiger partial charge in [-0.15, -0.1) is 0 Å². The van der Waals surface area contributed by atoms with Gasteiger partial charge in [0.05, 0.1) is 18.8 Å². The molecule has 0 radical (unpaired) electrons. The monoisotopic (exact) mass is 320 g/mol. The van der Waals surface area contributed by atoms with Crippen LogP contribution in [-0.2, 0) is 6.54 Å². The van der Waals surface area contributed by atoms with Crippen molar-refractivity contribution in [2.75, 3.05) is 6.54 Å². The van der Waals surface area contributed by atoms with Crippen LogP contribution < -0.4 is 0 Å². The van der Waals surface area contributed by atoms with E-state index < -0.39 is 0 Å². The molecule has 0 unspecified atom stereocenters. The molecule has 1 amide bonds. The smallest absolute Gasteiger partial charge is 0.274 e. The lowest BCUT2D eigenvalue weighted by Gasteiger charge is -2.32. The van der Waals surface area contributed by atoms with Gasteiger partial charge in [-0.2, -0.15) is 5.10 Å². The molecule has 0 fully saturated rings. The van der Waals surface area contributed by atoms with Gasteiger partial charge in [-0.3, -0.25) is 9.78 Å². The maximum absolute atomic E-state index is 12.7. The first-order valence-corrected chi connectivity index (χ1v) is 7.81. The topological polar surface area (TPSA) is 76.8 Å². The minimum atomic E-state index is -0.168. The van der Waals surface area contributed by atoms with Crippen LogP contribution in [0.25, 0.3) is 11.4 Å². The number of rotatable bonds is 2. The Balaban J connectivity index is 1.64. The summed E-state index contributed by atoms with van der Waals surface area (Å²) in [6.07, 6.45) is 4.57. The second kappa shape index (κ2) is 5.84. The van der Waals surface area contributed by atoms with Crippen LogP contribution in [0, 0.1) is 0 Å². The van der Waals surface area contributed by atoms with Crippen LogP contribution >= 0.6 is 0 Å². The molecule has 1 atom stereocenters. The van der Waals surface area contributed by atoms with Gasteiger partial charge in [0.15, 0.2) is 5.82 Å². The normalized spacial score (nSPS) is 16.7. The Morgan fingerprint density at radius 2 is 2.00 bits per heavy atom. The van der Waals surface area contributed by atoms with E-state index in [9.17, 15) is 4.79 Å². The van der Waals surface area contributed by atoms with Gasteiger partial charge in [0.2, 0.25) is 0 Å². The molecule has 1 aromatic carbocycles. The number of carbonyl (C=O) groups excluding carboxylic acids is 1. The fraction of sp³-hybridized carbons (Fsp3) is 0.235. The van der Waals surface area contributed by atoms with Crippen LogP contribution in [0.1, 0.15) is 29.3 Å². The molecule has 4 rings (SSSR count). The molecule has 0 bridgehead atoms. The van der Waals surface area contributed by atoms with E-state index in [0.717, 1.165) is 11.4 Å². The van der Waals surface area contributed by atoms with Gasteiger partial charge in [-0.25, -0.2) is 14.6 Å². The standard InChI is InChI=1S/C17H16N6O/c1-12-16-20-15(13-5-3-2-4-6-13)21-23(16)10-9-22(12)17(24)14-11-18-7-8-19-14/h2-8,11-12H,9-10H2,1H3/t12-/m0/s1. The first-order chi connectivity index (χ1) is 11.7. The molecule has 0 spiro atoms. The molecular weight excluding hydrogens is 304 g/mol. The van der Waals surface area contributed by atoms with E-state index in [1.54, 1.807) is 11.1 Å². The van der Waals surface area contributed by atoms with Gasteiger partial charge < -0.3 is 4.90 Å². The average molecular weight is 320 g/mol. The van der Waals surface area contributed by atoms with Crippen molar-refractivity contribution in [2.24, 2.45) is 0 Å². The first kappa shape index (κ1) is 14.5. The summed E-state index contributed by atoms with van der Waals surface area (Å²) in [5, 5.41) is 4.58. The van der Waals surface area contributed by atoms with Crippen LogP contribution in [0.5, 0.6) is 0 Å². The van der Waals surface area contributed by atoms with Crippen molar-refractivity contribution in [1.29, 1.82) is 0 Å². The van der Waals surface area contributed by atoms with Crippen molar-refractivity contribution >= 4 is 5.91 Å². The number of fused-ring (bicyclic) bond motifs is 1. The molecular formula is C17H16N6O. The zero-order valence-electron chi connectivity index (χ0n) is 13.2. The third-order valence-electron chi connectivity index (χ3n) is 4.17. The first-order valence-electron chi connectivity index (χ1n) is 7.81. The molecule has 2 aromatic heterocycles. The summed E-state index contributed by atoms with van der Waals surface area (Å²) in [5.41, 5.74) is 1.32. The van der Waals surface area contributed by atoms with E-state index >= 15 is 0 Å². The molecule has 1 aliphatic rings. The molecule has 3 aromatic rings. The van der Waals surface area contributed by atoms with Gasteiger partial charge in [-0.1, -0.05) is 30.3 Å². The number of aromatic nitrogens is 5. The third-order valence-corrected chi connectivity index (χ3v) is 4.17. The lowest BCUT2D eigenvalue weighted by atomic mass is 10.2. The molecule has 7 nitrogen and oxygen atoms in total. The Hall–Kier alpha value is -3.09. The number of carbonyl (C=O) groups is 1. The van der Waals surface area contributed by atoms with Crippen molar-refractivity contribution in [1.82, 2.24) is 29.6 Å². The molecule has 0 aliphatic carbocycles. The molecule has 0 N–H and O–H groups in total. The Kier molecular flexibility index (Phi) is 3.53. The van der Waals surface area contributed by atoms with Crippen molar-refractivity contribution in [3.63, 3.8) is 0 Å². The zero-order chi connectivity index (χ0) is 16.5. The molecule has 0 saturated heterocycles. The summed E-state index contributed by atoms with van der Waals surface area (Å²) >= 11 is 0. The fourth-order valence-corrected chi connectivity index (χ4v) is 2.91. The fourth-order valence-electron chi connectivity index (χ4n) is 2.91. The summed E-state index contributed by atoms with van der Waals surface area (Å²) in [5.74, 6) is 1.34. The summed E-state index contributed by atoms with van der Waals surface area (Å²) < 4.78 is 1.88. The van der Waals surface area contributed by atoms with E-state index in [4.69, 9.17) is 0 Å². The average Bonchev–Trinajstić information content (AvgIpc) is 3.08. The number of hydrogen-bond acceptors (Lipinski definition) is 5. The SMILES string of the molecule is C[C@H]1c2nc(-c3ccccc3)nn2CCN1C(=O)c1cnccn1. The minimum Gasteiger partial charge on any atom is -0.325 e. The zero-order valence-corrected chi connectivity index (χ0v) is 13.2. The van der Waals surface area contributed by atoms with Crippen LogP contribution in [0.15, 0.2) is 48.9 Å². The lowest BCUT2D eigenvalue weighted by Crippen LogP contribution is -2.41. The van der Waals surface area contributed by atoms with Crippen LogP contribution in [0.4, 0.5) is 0 Å². The Morgan fingerprint density at radius 1 is 1.17 bits per heavy atom. The highest BCUT2D eigenvalue weighted by Gasteiger charge is 2.31. The largest absolute Gasteiger partial charge is 0.325 e. The quantitative estimate of drug-likeness (QED) is 0.721. The van der Waals surface area contributed by atoms with Gasteiger partial charge in [0.1, 0.15) is 11.5 Å². The highest BCUT2D eigenvalue weighted by Crippen LogP contribution is 2.27. The number of hydrogen-bond donors (Lipinski definition) is 0. The molecule has 7 heteroatoms. The van der Waals surface area contributed by atoms with Crippen molar-refractivity contribution < 1.29 is 4.79 Å². The second-order valence-electron chi connectivity index (χ2n) is 5.65. The van der Waals surface area contributed by atoms with Crippen molar-refractivity contribution in [3.8, 4) is 11.4 Å². The van der Waals surface area contributed by atoms with Crippen LogP contribution in [0.3, 0.4) is 0 Å². The van der Waals surface area contributed by atoms with Gasteiger partial charge in [0, 0.05) is 24.5 Å².